The first-order valence-corrected chi connectivity index (χ1v) is 6.01. The molecule has 0 fully saturated rings. The Bertz CT molecular complexity index is 583. The lowest BCUT2D eigenvalue weighted by Gasteiger charge is -2.06. The maximum absolute atomic E-state index is 11.9. The number of nitrogens with zero attached hydrogens (tertiary/aromatic N) is 2. The number of thiocarbonyl (C=S) groups is 1. The number of rotatable bonds is 4. The fourth-order valence-corrected chi connectivity index (χ4v) is 1.70. The van der Waals surface area contributed by atoms with Crippen LogP contribution in [-0.2, 0) is 6.42 Å². The second-order valence-electron chi connectivity index (χ2n) is 3.93. The van der Waals surface area contributed by atoms with Crippen LogP contribution in [-0.4, -0.2) is 21.1 Å². The summed E-state index contributed by atoms with van der Waals surface area (Å²) in [6, 6.07) is 8.96. The molecule has 0 aliphatic carbocycles. The third-order valence-electron chi connectivity index (χ3n) is 2.44. The number of benzene rings is 1. The smallest absolute Gasteiger partial charge is 0.257 e. The minimum atomic E-state index is -0.225. The van der Waals surface area contributed by atoms with E-state index in [1.54, 1.807) is 18.2 Å². The molecule has 5 nitrogen and oxygen atoms in total. The van der Waals surface area contributed by atoms with Crippen LogP contribution in [0.3, 0.4) is 0 Å². The van der Waals surface area contributed by atoms with Crippen LogP contribution in [0.2, 0.25) is 0 Å². The summed E-state index contributed by atoms with van der Waals surface area (Å²) in [7, 11) is 0. The average Bonchev–Trinajstić information content (AvgIpc) is 2.41. The highest BCUT2D eigenvalue weighted by molar-refractivity contribution is 7.80. The lowest BCUT2D eigenvalue weighted by molar-refractivity contribution is 0.102. The first kappa shape index (κ1) is 13.1. The van der Waals surface area contributed by atoms with Gasteiger partial charge in [-0.2, -0.15) is 10.2 Å². The zero-order valence-corrected chi connectivity index (χ0v) is 10.9. The van der Waals surface area contributed by atoms with Gasteiger partial charge in [-0.3, -0.25) is 4.79 Å². The van der Waals surface area contributed by atoms with Crippen molar-refractivity contribution in [3.8, 4) is 0 Å². The van der Waals surface area contributed by atoms with Gasteiger partial charge in [-0.1, -0.05) is 24.4 Å². The van der Waals surface area contributed by atoms with E-state index in [4.69, 9.17) is 18.0 Å². The molecular weight excluding hydrogens is 260 g/mol. The van der Waals surface area contributed by atoms with Gasteiger partial charge in [0, 0.05) is 12.1 Å². The molecule has 3 N–H and O–H groups in total. The van der Waals surface area contributed by atoms with Crippen LogP contribution in [0, 0.1) is 0 Å². The first-order valence-electron chi connectivity index (χ1n) is 5.60. The molecule has 1 heterocycles. The fraction of sp³-hybridized carbons (Fsp3) is 0.0769. The normalized spacial score (nSPS) is 9.89. The van der Waals surface area contributed by atoms with E-state index in [9.17, 15) is 4.79 Å². The highest BCUT2D eigenvalue weighted by Crippen LogP contribution is 2.11. The fourth-order valence-electron chi connectivity index (χ4n) is 1.54. The van der Waals surface area contributed by atoms with Gasteiger partial charge in [0.25, 0.3) is 5.91 Å². The SMILES string of the molecule is NC(=S)Cc1ccc(NC(=O)c2ccnnc2)cc1. The zero-order chi connectivity index (χ0) is 13.7. The van der Waals surface area contributed by atoms with Gasteiger partial charge in [0.1, 0.15) is 0 Å². The van der Waals surface area contributed by atoms with Gasteiger partial charge >= 0.3 is 0 Å². The second kappa shape index (κ2) is 6.01. The molecule has 19 heavy (non-hydrogen) atoms. The molecule has 0 atom stereocenters. The number of carbonyl (C=O) groups is 1. The average molecular weight is 272 g/mol. The number of nitrogens with two attached hydrogens (primary N) is 1. The lowest BCUT2D eigenvalue weighted by Crippen LogP contribution is -2.13. The van der Waals surface area contributed by atoms with E-state index in [0.29, 0.717) is 22.7 Å². The van der Waals surface area contributed by atoms with E-state index in [1.165, 1.54) is 12.4 Å². The van der Waals surface area contributed by atoms with E-state index in [1.807, 2.05) is 12.1 Å². The van der Waals surface area contributed by atoms with Crippen LogP contribution < -0.4 is 11.1 Å². The molecule has 0 spiro atoms. The third-order valence-corrected chi connectivity index (χ3v) is 2.58. The molecule has 1 aromatic carbocycles. The molecule has 0 radical (unpaired) electrons. The van der Waals surface area contributed by atoms with E-state index in [0.717, 1.165) is 5.56 Å². The monoisotopic (exact) mass is 272 g/mol. The highest BCUT2D eigenvalue weighted by atomic mass is 32.1. The van der Waals surface area contributed by atoms with Gasteiger partial charge in [-0.25, -0.2) is 0 Å². The number of hydrogen-bond donors (Lipinski definition) is 2. The number of carbonyl (C=O) groups excluding carboxylic acids is 1. The summed E-state index contributed by atoms with van der Waals surface area (Å²) in [5.41, 5.74) is 7.64. The summed E-state index contributed by atoms with van der Waals surface area (Å²) < 4.78 is 0. The molecule has 1 amide bonds. The number of aromatic nitrogens is 2. The number of amides is 1. The van der Waals surface area contributed by atoms with Crippen molar-refractivity contribution >= 4 is 28.8 Å². The Balaban J connectivity index is 2.04. The first-order chi connectivity index (χ1) is 9.15. The van der Waals surface area contributed by atoms with Crippen LogP contribution >= 0.6 is 12.2 Å². The summed E-state index contributed by atoms with van der Waals surface area (Å²) >= 11 is 4.84. The summed E-state index contributed by atoms with van der Waals surface area (Å²) in [5, 5.41) is 10.0. The van der Waals surface area contributed by atoms with Crippen molar-refractivity contribution < 1.29 is 4.79 Å². The molecule has 0 saturated heterocycles. The minimum Gasteiger partial charge on any atom is -0.393 e. The van der Waals surface area contributed by atoms with Crippen molar-refractivity contribution in [1.82, 2.24) is 10.2 Å². The molecule has 6 heteroatoms. The van der Waals surface area contributed by atoms with E-state index in [-0.39, 0.29) is 5.91 Å². The van der Waals surface area contributed by atoms with Crippen molar-refractivity contribution in [3.05, 3.63) is 53.9 Å². The van der Waals surface area contributed by atoms with E-state index in [2.05, 4.69) is 15.5 Å². The van der Waals surface area contributed by atoms with Crippen LogP contribution in [0.1, 0.15) is 15.9 Å². The van der Waals surface area contributed by atoms with E-state index >= 15 is 0 Å². The quantitative estimate of drug-likeness (QED) is 0.825. The van der Waals surface area contributed by atoms with Crippen LogP contribution in [0.4, 0.5) is 5.69 Å². The zero-order valence-electron chi connectivity index (χ0n) is 10.0. The molecule has 0 aliphatic heterocycles. The molecule has 0 aliphatic rings. The molecule has 0 bridgehead atoms. The maximum Gasteiger partial charge on any atom is 0.257 e. The van der Waals surface area contributed by atoms with Crippen LogP contribution in [0.15, 0.2) is 42.7 Å². The van der Waals surface area contributed by atoms with Gasteiger partial charge in [0.15, 0.2) is 0 Å². The summed E-state index contributed by atoms with van der Waals surface area (Å²) in [5.74, 6) is -0.225. The molecule has 96 valence electrons. The predicted molar refractivity (Wildman–Crippen MR) is 76.9 cm³/mol. The molecular formula is C13H12N4OS. The van der Waals surface area contributed by atoms with Crippen molar-refractivity contribution in [2.45, 2.75) is 6.42 Å². The Morgan fingerprint density at radius 2 is 1.95 bits per heavy atom. The summed E-state index contributed by atoms with van der Waals surface area (Å²) in [6.45, 7) is 0. The molecule has 0 saturated carbocycles. The number of nitrogens with one attached hydrogen (secondary N) is 1. The van der Waals surface area contributed by atoms with Gasteiger partial charge in [0.05, 0.1) is 22.9 Å². The Labute approximate surface area is 115 Å². The number of hydrogen-bond acceptors (Lipinski definition) is 4. The minimum absolute atomic E-state index is 0.225. The van der Waals surface area contributed by atoms with Gasteiger partial charge in [0.2, 0.25) is 0 Å². The Morgan fingerprint density at radius 1 is 1.21 bits per heavy atom. The Hall–Kier alpha value is -2.34. The van der Waals surface area contributed by atoms with Crippen molar-refractivity contribution in [1.29, 1.82) is 0 Å². The van der Waals surface area contributed by atoms with Gasteiger partial charge in [-0.05, 0) is 23.8 Å². The Kier molecular flexibility index (Phi) is 4.15. The van der Waals surface area contributed by atoms with Gasteiger partial charge in [-0.15, -0.1) is 0 Å². The molecule has 0 unspecified atom stereocenters. The summed E-state index contributed by atoms with van der Waals surface area (Å²) in [6.07, 6.45) is 3.44. The van der Waals surface area contributed by atoms with Crippen molar-refractivity contribution in [3.63, 3.8) is 0 Å². The summed E-state index contributed by atoms with van der Waals surface area (Å²) in [4.78, 5) is 12.3. The predicted octanol–water partition coefficient (Wildman–Crippen LogP) is 1.56. The molecule has 2 aromatic rings. The van der Waals surface area contributed by atoms with Crippen molar-refractivity contribution in [2.24, 2.45) is 5.73 Å². The van der Waals surface area contributed by atoms with Gasteiger partial charge < -0.3 is 11.1 Å². The highest BCUT2D eigenvalue weighted by Gasteiger charge is 2.05. The topological polar surface area (TPSA) is 80.9 Å². The van der Waals surface area contributed by atoms with Crippen molar-refractivity contribution in [2.75, 3.05) is 5.32 Å². The van der Waals surface area contributed by atoms with Crippen LogP contribution in [0.25, 0.3) is 0 Å². The lowest BCUT2D eigenvalue weighted by atomic mass is 10.1. The third kappa shape index (κ3) is 3.82. The largest absolute Gasteiger partial charge is 0.393 e. The van der Waals surface area contributed by atoms with E-state index < -0.39 is 0 Å². The standard InChI is InChI=1S/C13H12N4OS/c14-12(19)7-9-1-3-11(4-2-9)17-13(18)10-5-6-15-16-8-10/h1-6,8H,7H2,(H2,14,19)(H,17,18). The molecule has 1 aromatic heterocycles. The number of anilines is 1. The second-order valence-corrected chi connectivity index (χ2v) is 4.45. The van der Waals surface area contributed by atoms with Crippen LogP contribution in [0.5, 0.6) is 0 Å². The molecule has 2 rings (SSSR count). The maximum atomic E-state index is 11.9. The Morgan fingerprint density at radius 3 is 2.53 bits per heavy atom.